The standard InChI is InChI=1S/C25H32ClNO2/c1-17(29-16-18-8-6-5-7-9-18)15-27-13-12-25(4)22(27)14-19-20(24(25,2)3)10-11-21(26)23(19)28/h5-11,17,22,28H,12-16H2,1-4H3/t17-,22-,25+/m0/s1. The highest BCUT2D eigenvalue weighted by Crippen LogP contribution is 2.58. The minimum atomic E-state index is -0.0315. The van der Waals surface area contributed by atoms with Crippen LogP contribution in [0.25, 0.3) is 0 Å². The highest BCUT2D eigenvalue weighted by Gasteiger charge is 2.57. The zero-order chi connectivity index (χ0) is 20.8. The Kier molecular flexibility index (Phi) is 5.43. The predicted octanol–water partition coefficient (Wildman–Crippen LogP) is 5.57. The van der Waals surface area contributed by atoms with Crippen LogP contribution in [-0.2, 0) is 23.2 Å². The van der Waals surface area contributed by atoms with E-state index in [0.717, 1.165) is 31.5 Å². The zero-order valence-electron chi connectivity index (χ0n) is 17.9. The van der Waals surface area contributed by atoms with E-state index >= 15 is 0 Å². The lowest BCUT2D eigenvalue weighted by Gasteiger charge is -2.52. The van der Waals surface area contributed by atoms with Gasteiger partial charge in [-0.25, -0.2) is 0 Å². The minimum absolute atomic E-state index is 0.0315. The number of likely N-dealkylation sites (tertiary alicyclic amines) is 1. The Morgan fingerprint density at radius 3 is 2.62 bits per heavy atom. The minimum Gasteiger partial charge on any atom is -0.506 e. The van der Waals surface area contributed by atoms with Gasteiger partial charge in [0.1, 0.15) is 5.75 Å². The van der Waals surface area contributed by atoms with Crippen molar-refractivity contribution in [2.75, 3.05) is 13.1 Å². The van der Waals surface area contributed by atoms with Crippen LogP contribution in [0.2, 0.25) is 5.02 Å². The summed E-state index contributed by atoms with van der Waals surface area (Å²) in [6, 6.07) is 14.7. The first-order valence-electron chi connectivity index (χ1n) is 10.6. The molecule has 1 aliphatic heterocycles. The van der Waals surface area contributed by atoms with Crippen LogP contribution in [0.3, 0.4) is 0 Å². The van der Waals surface area contributed by atoms with Crippen LogP contribution >= 0.6 is 11.6 Å². The Balaban J connectivity index is 1.53. The summed E-state index contributed by atoms with van der Waals surface area (Å²) >= 11 is 6.25. The molecule has 0 unspecified atom stereocenters. The predicted molar refractivity (Wildman–Crippen MR) is 119 cm³/mol. The van der Waals surface area contributed by atoms with Crippen LogP contribution < -0.4 is 0 Å². The molecule has 4 rings (SSSR count). The second kappa shape index (κ2) is 7.61. The molecule has 29 heavy (non-hydrogen) atoms. The number of benzene rings is 2. The first kappa shape index (κ1) is 20.7. The molecule has 3 nitrogen and oxygen atoms in total. The first-order valence-corrected chi connectivity index (χ1v) is 11.0. The van der Waals surface area contributed by atoms with Crippen LogP contribution in [0.4, 0.5) is 0 Å². The van der Waals surface area contributed by atoms with Crippen molar-refractivity contribution in [2.45, 2.75) is 64.7 Å². The third-order valence-electron chi connectivity index (χ3n) is 7.70. The summed E-state index contributed by atoms with van der Waals surface area (Å²) in [5.74, 6) is 0.263. The van der Waals surface area contributed by atoms with Gasteiger partial charge in [-0.15, -0.1) is 0 Å². The van der Waals surface area contributed by atoms with E-state index in [-0.39, 0.29) is 22.7 Å². The van der Waals surface area contributed by atoms with Crippen molar-refractivity contribution < 1.29 is 9.84 Å². The number of halogens is 1. The summed E-state index contributed by atoms with van der Waals surface area (Å²) < 4.78 is 6.15. The highest BCUT2D eigenvalue weighted by atomic mass is 35.5. The maximum absolute atomic E-state index is 10.7. The van der Waals surface area contributed by atoms with E-state index in [1.54, 1.807) is 0 Å². The molecule has 1 aliphatic carbocycles. The highest BCUT2D eigenvalue weighted by molar-refractivity contribution is 6.32. The number of phenolic OH excluding ortho intramolecular Hbond substituents is 1. The summed E-state index contributed by atoms with van der Waals surface area (Å²) in [5.41, 5.74) is 3.59. The van der Waals surface area contributed by atoms with E-state index in [9.17, 15) is 5.11 Å². The van der Waals surface area contributed by atoms with Crippen molar-refractivity contribution in [2.24, 2.45) is 5.41 Å². The normalized spacial score (nSPS) is 26.7. The van der Waals surface area contributed by atoms with Crippen LogP contribution in [0.1, 0.15) is 50.8 Å². The van der Waals surface area contributed by atoms with E-state index in [2.05, 4.69) is 62.9 Å². The van der Waals surface area contributed by atoms with Crippen molar-refractivity contribution in [3.8, 4) is 5.75 Å². The quantitative estimate of drug-likeness (QED) is 0.695. The summed E-state index contributed by atoms with van der Waals surface area (Å²) in [4.78, 5) is 2.57. The fourth-order valence-corrected chi connectivity index (χ4v) is 5.68. The molecule has 0 radical (unpaired) electrons. The Hall–Kier alpha value is -1.55. The molecule has 1 fully saturated rings. The van der Waals surface area contributed by atoms with Crippen molar-refractivity contribution in [1.29, 1.82) is 0 Å². The fourth-order valence-electron chi connectivity index (χ4n) is 5.50. The molecular formula is C25H32ClNO2. The van der Waals surface area contributed by atoms with Gasteiger partial charge in [-0.1, -0.05) is 68.8 Å². The van der Waals surface area contributed by atoms with E-state index in [1.165, 1.54) is 11.1 Å². The van der Waals surface area contributed by atoms with Gasteiger partial charge < -0.3 is 9.84 Å². The van der Waals surface area contributed by atoms with E-state index in [4.69, 9.17) is 16.3 Å². The molecule has 0 spiro atoms. The molecule has 1 heterocycles. The van der Waals surface area contributed by atoms with Gasteiger partial charge in [0.25, 0.3) is 0 Å². The van der Waals surface area contributed by atoms with Gasteiger partial charge in [-0.3, -0.25) is 4.90 Å². The molecule has 1 N–H and O–H groups in total. The molecular weight excluding hydrogens is 382 g/mol. The van der Waals surface area contributed by atoms with Gasteiger partial charge in [0, 0.05) is 18.2 Å². The monoisotopic (exact) mass is 413 g/mol. The van der Waals surface area contributed by atoms with Gasteiger partial charge in [0.05, 0.1) is 17.7 Å². The average Bonchev–Trinajstić information content (AvgIpc) is 3.02. The number of aromatic hydroxyl groups is 1. The number of nitrogens with zero attached hydrogens (tertiary/aromatic N) is 1. The molecule has 2 aromatic rings. The van der Waals surface area contributed by atoms with Crippen LogP contribution in [0.15, 0.2) is 42.5 Å². The lowest BCUT2D eigenvalue weighted by Crippen LogP contribution is -2.54. The maximum Gasteiger partial charge on any atom is 0.137 e. The Bertz CT molecular complexity index is 882. The third kappa shape index (κ3) is 3.48. The lowest BCUT2D eigenvalue weighted by atomic mass is 9.54. The Morgan fingerprint density at radius 2 is 1.90 bits per heavy atom. The van der Waals surface area contributed by atoms with Crippen LogP contribution in [0.5, 0.6) is 5.75 Å². The van der Waals surface area contributed by atoms with Gasteiger partial charge >= 0.3 is 0 Å². The van der Waals surface area contributed by atoms with Crippen molar-refractivity contribution in [3.63, 3.8) is 0 Å². The molecule has 2 aromatic carbocycles. The Labute approximate surface area is 179 Å². The number of hydrogen-bond acceptors (Lipinski definition) is 3. The topological polar surface area (TPSA) is 32.7 Å². The molecule has 0 bridgehead atoms. The molecule has 4 heteroatoms. The molecule has 2 aliphatic rings. The van der Waals surface area contributed by atoms with Crippen LogP contribution in [-0.4, -0.2) is 35.2 Å². The van der Waals surface area contributed by atoms with Crippen LogP contribution in [0, 0.1) is 5.41 Å². The van der Waals surface area contributed by atoms with Crippen molar-refractivity contribution in [3.05, 3.63) is 64.2 Å². The average molecular weight is 414 g/mol. The summed E-state index contributed by atoms with van der Waals surface area (Å²) in [6.45, 7) is 11.8. The zero-order valence-corrected chi connectivity index (χ0v) is 18.7. The molecule has 0 saturated carbocycles. The Morgan fingerprint density at radius 1 is 1.17 bits per heavy atom. The summed E-state index contributed by atoms with van der Waals surface area (Å²) in [6.07, 6.45) is 2.14. The third-order valence-corrected chi connectivity index (χ3v) is 8.00. The first-order chi connectivity index (χ1) is 13.7. The summed E-state index contributed by atoms with van der Waals surface area (Å²) in [5, 5.41) is 11.1. The van der Waals surface area contributed by atoms with E-state index in [1.807, 2.05) is 12.1 Å². The van der Waals surface area contributed by atoms with Gasteiger partial charge in [0.15, 0.2) is 0 Å². The molecule has 0 amide bonds. The second-order valence-electron chi connectivity index (χ2n) is 9.54. The number of phenols is 1. The lowest BCUT2D eigenvalue weighted by molar-refractivity contribution is 0.00734. The smallest absolute Gasteiger partial charge is 0.137 e. The van der Waals surface area contributed by atoms with Gasteiger partial charge in [0.2, 0.25) is 0 Å². The summed E-state index contributed by atoms with van der Waals surface area (Å²) in [7, 11) is 0. The number of ether oxygens (including phenoxy) is 1. The maximum atomic E-state index is 10.7. The van der Waals surface area contributed by atoms with Crippen molar-refractivity contribution >= 4 is 11.6 Å². The fraction of sp³-hybridized carbons (Fsp3) is 0.520. The number of fused-ring (bicyclic) bond motifs is 2. The second-order valence-corrected chi connectivity index (χ2v) is 9.94. The van der Waals surface area contributed by atoms with Gasteiger partial charge in [-0.05, 0) is 54.3 Å². The number of hydrogen-bond donors (Lipinski definition) is 1. The van der Waals surface area contributed by atoms with E-state index < -0.39 is 0 Å². The largest absolute Gasteiger partial charge is 0.506 e. The van der Waals surface area contributed by atoms with Crippen molar-refractivity contribution in [1.82, 2.24) is 4.90 Å². The molecule has 156 valence electrons. The SMILES string of the molecule is C[C@@H](CN1CC[C@]2(C)[C@@H]1Cc1c(ccc(Cl)c1O)C2(C)C)OCc1ccccc1. The molecule has 0 aromatic heterocycles. The number of rotatable bonds is 5. The molecule has 1 saturated heterocycles. The van der Waals surface area contributed by atoms with E-state index in [0.29, 0.717) is 17.7 Å². The van der Waals surface area contributed by atoms with Gasteiger partial charge in [-0.2, -0.15) is 0 Å². The molecule has 3 atom stereocenters.